The van der Waals surface area contributed by atoms with Crippen molar-refractivity contribution in [1.82, 2.24) is 4.90 Å². The number of carbonyl (C=O) groups is 1. The summed E-state index contributed by atoms with van der Waals surface area (Å²) in [4.78, 5) is 21.7. The number of rotatable bonds is 4. The summed E-state index contributed by atoms with van der Waals surface area (Å²) in [5, 5.41) is 3.18. The number of carbonyl (C=O) groups excluding carboxylic acids is 1. The first-order chi connectivity index (χ1) is 15.7. The van der Waals surface area contributed by atoms with E-state index in [1.54, 1.807) is 18.9 Å². The lowest BCUT2D eigenvalue weighted by Gasteiger charge is -2.31. The van der Waals surface area contributed by atoms with Crippen LogP contribution in [0.4, 0.5) is 0 Å². The predicted molar refractivity (Wildman–Crippen MR) is 134 cm³/mol. The largest absolute Gasteiger partial charge is 0.496 e. The van der Waals surface area contributed by atoms with Gasteiger partial charge in [0, 0.05) is 11.6 Å². The molecule has 0 radical (unpaired) electrons. The van der Waals surface area contributed by atoms with Crippen molar-refractivity contribution in [3.8, 4) is 5.75 Å². The van der Waals surface area contributed by atoms with E-state index in [-0.39, 0.29) is 11.9 Å². The van der Waals surface area contributed by atoms with Gasteiger partial charge in [-0.15, -0.1) is 0 Å². The third kappa shape index (κ3) is 4.32. The molecule has 4 nitrogen and oxygen atoms in total. The molecule has 5 rings (SSSR count). The van der Waals surface area contributed by atoms with Crippen molar-refractivity contribution in [2.24, 2.45) is 4.99 Å². The monoisotopic (exact) mass is 448 g/mol. The number of amides is 1. The Balaban J connectivity index is 1.55. The molecule has 32 heavy (non-hydrogen) atoms. The number of hydrogen-bond acceptors (Lipinski definition) is 4. The van der Waals surface area contributed by atoms with Gasteiger partial charge in [-0.25, -0.2) is 0 Å². The first-order valence-corrected chi connectivity index (χ1v) is 12.9. The molecule has 2 saturated carbocycles. The van der Waals surface area contributed by atoms with Crippen LogP contribution < -0.4 is 4.74 Å². The quantitative estimate of drug-likeness (QED) is 0.484. The Morgan fingerprint density at radius 2 is 1.69 bits per heavy atom. The third-order valence-corrected chi connectivity index (χ3v) is 8.07. The first-order valence-electron chi connectivity index (χ1n) is 12.1. The lowest BCUT2D eigenvalue weighted by atomic mass is 9.94. The van der Waals surface area contributed by atoms with Crippen LogP contribution in [-0.2, 0) is 4.79 Å². The highest BCUT2D eigenvalue weighted by atomic mass is 32.2. The van der Waals surface area contributed by atoms with Gasteiger partial charge in [0.05, 0.1) is 18.1 Å². The van der Waals surface area contributed by atoms with Crippen molar-refractivity contribution in [3.05, 3.63) is 46.9 Å². The highest BCUT2D eigenvalue weighted by molar-refractivity contribution is 8.18. The molecule has 2 aliphatic carbocycles. The second-order valence-corrected chi connectivity index (χ2v) is 10.2. The van der Waals surface area contributed by atoms with E-state index >= 15 is 0 Å². The second kappa shape index (κ2) is 9.70. The van der Waals surface area contributed by atoms with E-state index in [1.807, 2.05) is 29.2 Å². The van der Waals surface area contributed by atoms with Crippen LogP contribution in [-0.4, -0.2) is 35.2 Å². The van der Waals surface area contributed by atoms with Gasteiger partial charge in [0.2, 0.25) is 0 Å². The Morgan fingerprint density at radius 3 is 2.44 bits per heavy atom. The van der Waals surface area contributed by atoms with Gasteiger partial charge in [0.15, 0.2) is 5.17 Å². The summed E-state index contributed by atoms with van der Waals surface area (Å²) >= 11 is 1.57. The summed E-state index contributed by atoms with van der Waals surface area (Å²) in [5.74, 6) is 0.915. The molecule has 1 heterocycles. The van der Waals surface area contributed by atoms with E-state index in [9.17, 15) is 4.79 Å². The van der Waals surface area contributed by atoms with Crippen LogP contribution >= 0.6 is 11.8 Å². The molecule has 0 atom stereocenters. The fourth-order valence-electron chi connectivity index (χ4n) is 5.34. The molecule has 1 aliphatic heterocycles. The van der Waals surface area contributed by atoms with E-state index in [0.29, 0.717) is 6.04 Å². The normalized spacial score (nSPS) is 23.5. The molecule has 1 amide bonds. The molecular formula is C27H32N2O2S. The molecule has 0 bridgehead atoms. The number of aliphatic imine (C=N–C) groups is 1. The fourth-order valence-corrected chi connectivity index (χ4v) is 6.43. The van der Waals surface area contributed by atoms with Gasteiger partial charge in [0.1, 0.15) is 5.75 Å². The van der Waals surface area contributed by atoms with Gasteiger partial charge in [-0.1, -0.05) is 68.9 Å². The molecule has 0 N–H and O–H groups in total. The lowest BCUT2D eigenvalue weighted by molar-refractivity contribution is -0.124. The van der Waals surface area contributed by atoms with Gasteiger partial charge in [-0.05, 0) is 60.4 Å². The number of fused-ring (bicyclic) bond motifs is 1. The van der Waals surface area contributed by atoms with Gasteiger partial charge < -0.3 is 4.74 Å². The van der Waals surface area contributed by atoms with Crippen LogP contribution in [0.1, 0.15) is 69.8 Å². The van der Waals surface area contributed by atoms with Crippen molar-refractivity contribution in [1.29, 1.82) is 0 Å². The Morgan fingerprint density at radius 1 is 0.969 bits per heavy atom. The summed E-state index contributed by atoms with van der Waals surface area (Å²) in [5.41, 5.74) is 0.976. The zero-order valence-corrected chi connectivity index (χ0v) is 19.7. The Hall–Kier alpha value is -2.27. The van der Waals surface area contributed by atoms with Crippen LogP contribution in [0.15, 0.2) is 46.3 Å². The molecule has 3 fully saturated rings. The number of amidine groups is 1. The van der Waals surface area contributed by atoms with Crippen LogP contribution in [0.25, 0.3) is 16.8 Å². The summed E-state index contributed by atoms with van der Waals surface area (Å²) in [6, 6.07) is 13.0. The maximum atomic E-state index is 13.7. The first kappa shape index (κ1) is 21.6. The number of hydrogen-bond donors (Lipinski definition) is 0. The Kier molecular flexibility index (Phi) is 6.54. The number of ether oxygens (including phenoxy) is 1. The highest BCUT2D eigenvalue weighted by Gasteiger charge is 2.39. The fraction of sp³-hybridized carbons (Fsp3) is 0.481. The van der Waals surface area contributed by atoms with E-state index in [4.69, 9.17) is 9.73 Å². The Bertz CT molecular complexity index is 1050. The Labute approximate surface area is 195 Å². The van der Waals surface area contributed by atoms with E-state index in [2.05, 4.69) is 18.2 Å². The second-order valence-electron chi connectivity index (χ2n) is 9.18. The van der Waals surface area contributed by atoms with E-state index < -0.39 is 0 Å². The van der Waals surface area contributed by atoms with Crippen molar-refractivity contribution < 1.29 is 9.53 Å². The summed E-state index contributed by atoms with van der Waals surface area (Å²) < 4.78 is 5.68. The topological polar surface area (TPSA) is 41.9 Å². The molecule has 0 spiro atoms. The van der Waals surface area contributed by atoms with Crippen LogP contribution in [0.3, 0.4) is 0 Å². The molecule has 2 aromatic rings. The average Bonchev–Trinajstić information content (AvgIpc) is 3.14. The standard InChI is InChI=1S/C27H32N2O2S/c1-31-24-17-16-19-10-8-9-15-22(19)23(24)18-25-26(30)29(21-13-6-3-7-14-21)27(32-25)28-20-11-4-2-5-12-20/h8-10,15-18,20-21H,2-7,11-14H2,1H3. The van der Waals surface area contributed by atoms with Crippen LogP contribution in [0.5, 0.6) is 5.75 Å². The molecule has 0 unspecified atom stereocenters. The third-order valence-electron chi connectivity index (χ3n) is 7.07. The average molecular weight is 449 g/mol. The van der Waals surface area contributed by atoms with Gasteiger partial charge in [-0.3, -0.25) is 14.7 Å². The molecule has 1 saturated heterocycles. The van der Waals surface area contributed by atoms with Crippen LogP contribution in [0.2, 0.25) is 0 Å². The summed E-state index contributed by atoms with van der Waals surface area (Å²) in [6.07, 6.45) is 14.0. The minimum absolute atomic E-state index is 0.117. The number of methoxy groups -OCH3 is 1. The lowest BCUT2D eigenvalue weighted by Crippen LogP contribution is -2.41. The maximum Gasteiger partial charge on any atom is 0.267 e. The molecule has 3 aliphatic rings. The summed E-state index contributed by atoms with van der Waals surface area (Å²) in [6.45, 7) is 0. The molecule has 168 valence electrons. The smallest absolute Gasteiger partial charge is 0.267 e. The number of benzene rings is 2. The SMILES string of the molecule is COc1ccc2ccccc2c1C=C1SC(=NC2CCCCC2)N(C2CCCCC2)C1=O. The molecule has 5 heteroatoms. The van der Waals surface area contributed by atoms with Crippen LogP contribution in [0, 0.1) is 0 Å². The number of nitrogens with zero attached hydrogens (tertiary/aromatic N) is 2. The highest BCUT2D eigenvalue weighted by Crippen LogP contribution is 2.40. The zero-order chi connectivity index (χ0) is 21.9. The minimum Gasteiger partial charge on any atom is -0.496 e. The molecule has 2 aromatic carbocycles. The number of thioether (sulfide) groups is 1. The van der Waals surface area contributed by atoms with E-state index in [1.165, 1.54) is 38.5 Å². The van der Waals surface area contributed by atoms with Crippen molar-refractivity contribution in [3.63, 3.8) is 0 Å². The minimum atomic E-state index is 0.117. The molecule has 0 aromatic heterocycles. The predicted octanol–water partition coefficient (Wildman–Crippen LogP) is 6.79. The van der Waals surface area contributed by atoms with Gasteiger partial charge >= 0.3 is 0 Å². The van der Waals surface area contributed by atoms with Gasteiger partial charge in [-0.2, -0.15) is 0 Å². The summed E-state index contributed by atoms with van der Waals surface area (Å²) in [7, 11) is 1.69. The molecular weight excluding hydrogens is 416 g/mol. The van der Waals surface area contributed by atoms with Crippen molar-refractivity contribution in [2.75, 3.05) is 7.11 Å². The zero-order valence-electron chi connectivity index (χ0n) is 18.9. The maximum absolute atomic E-state index is 13.7. The van der Waals surface area contributed by atoms with Gasteiger partial charge in [0.25, 0.3) is 5.91 Å². The van der Waals surface area contributed by atoms with Crippen molar-refractivity contribution >= 4 is 39.7 Å². The van der Waals surface area contributed by atoms with E-state index in [0.717, 1.165) is 57.8 Å². The van der Waals surface area contributed by atoms with Crippen molar-refractivity contribution in [2.45, 2.75) is 76.3 Å².